The van der Waals surface area contributed by atoms with Gasteiger partial charge in [-0.15, -0.1) is 0 Å². The van der Waals surface area contributed by atoms with E-state index in [0.717, 1.165) is 31.7 Å². The summed E-state index contributed by atoms with van der Waals surface area (Å²) in [7, 11) is 0. The summed E-state index contributed by atoms with van der Waals surface area (Å²) in [5, 5.41) is 29.4. The van der Waals surface area contributed by atoms with Crippen LogP contribution in [-0.2, 0) is 0 Å². The van der Waals surface area contributed by atoms with E-state index >= 15 is 0 Å². The lowest BCUT2D eigenvalue weighted by molar-refractivity contribution is -0.384. The van der Waals surface area contributed by atoms with E-state index in [2.05, 4.69) is 0 Å². The van der Waals surface area contributed by atoms with E-state index in [1.165, 1.54) is 12.1 Å². The van der Waals surface area contributed by atoms with Crippen molar-refractivity contribution in [3.63, 3.8) is 0 Å². The fourth-order valence-corrected chi connectivity index (χ4v) is 2.88. The van der Waals surface area contributed by atoms with Gasteiger partial charge in [0.2, 0.25) is 0 Å². The summed E-state index contributed by atoms with van der Waals surface area (Å²) < 4.78 is 0. The van der Waals surface area contributed by atoms with E-state index in [0.29, 0.717) is 12.2 Å². The second kappa shape index (κ2) is 6.53. The summed E-state index contributed by atoms with van der Waals surface area (Å²) in [5.41, 5.74) is 0.102. The molecule has 0 aromatic heterocycles. The minimum absolute atomic E-state index is 0.0907. The highest BCUT2D eigenvalue weighted by atomic mass is 16.6. The zero-order chi connectivity index (χ0) is 15.4. The number of nitrogens with zero attached hydrogens (tertiary/aromatic N) is 2. The molecule has 2 rings (SSSR count). The van der Waals surface area contributed by atoms with Gasteiger partial charge in [-0.3, -0.25) is 10.1 Å². The third kappa shape index (κ3) is 3.30. The van der Waals surface area contributed by atoms with Crippen molar-refractivity contribution in [2.24, 2.45) is 0 Å². The van der Waals surface area contributed by atoms with Crippen LogP contribution in [0.2, 0.25) is 0 Å². The Bertz CT molecular complexity index is 540. The molecule has 1 saturated carbocycles. The predicted molar refractivity (Wildman–Crippen MR) is 76.7 cm³/mol. The molecule has 0 spiro atoms. The largest absolute Gasteiger partial charge is 0.478 e. The van der Waals surface area contributed by atoms with Crippen LogP contribution in [0.4, 0.5) is 11.4 Å². The van der Waals surface area contributed by atoms with Crippen molar-refractivity contribution in [1.82, 2.24) is 0 Å². The van der Waals surface area contributed by atoms with Gasteiger partial charge in [0.1, 0.15) is 0 Å². The highest BCUT2D eigenvalue weighted by Crippen LogP contribution is 2.32. The molecule has 1 fully saturated rings. The summed E-state index contributed by atoms with van der Waals surface area (Å²) in [5.74, 6) is -1.20. The van der Waals surface area contributed by atoms with E-state index in [4.69, 9.17) is 0 Å². The van der Waals surface area contributed by atoms with E-state index in [1.54, 1.807) is 0 Å². The average Bonchev–Trinajstić information content (AvgIpc) is 2.98. The first-order valence-electron chi connectivity index (χ1n) is 6.94. The third-order valence-corrected chi connectivity index (χ3v) is 3.84. The molecule has 1 aliphatic carbocycles. The minimum atomic E-state index is -1.20. The van der Waals surface area contributed by atoms with Crippen LogP contribution in [-0.4, -0.2) is 40.3 Å². The van der Waals surface area contributed by atoms with Crippen LogP contribution in [0.15, 0.2) is 18.2 Å². The maximum atomic E-state index is 11.4. The number of non-ortho nitro benzene ring substituents is 1. The van der Waals surface area contributed by atoms with Gasteiger partial charge in [-0.05, 0) is 18.9 Å². The number of nitro groups is 1. The average molecular weight is 294 g/mol. The van der Waals surface area contributed by atoms with Gasteiger partial charge in [-0.2, -0.15) is 0 Å². The summed E-state index contributed by atoms with van der Waals surface area (Å²) in [6.45, 7) is 0.231. The van der Waals surface area contributed by atoms with Crippen LogP contribution in [0, 0.1) is 10.1 Å². The molecule has 0 aliphatic heterocycles. The first kappa shape index (κ1) is 15.2. The number of aromatic carboxylic acids is 1. The lowest BCUT2D eigenvalue weighted by Gasteiger charge is -2.31. The lowest BCUT2D eigenvalue weighted by Crippen LogP contribution is -2.36. The quantitative estimate of drug-likeness (QED) is 0.614. The van der Waals surface area contributed by atoms with Gasteiger partial charge in [-0.25, -0.2) is 4.79 Å². The summed E-state index contributed by atoms with van der Waals surface area (Å²) in [6.07, 6.45) is 4.02. The molecule has 7 nitrogen and oxygen atoms in total. The Balaban J connectivity index is 2.43. The number of benzene rings is 1. The van der Waals surface area contributed by atoms with Crippen molar-refractivity contribution in [1.29, 1.82) is 0 Å². The van der Waals surface area contributed by atoms with Crippen molar-refractivity contribution in [3.8, 4) is 0 Å². The number of hydrogen-bond donors (Lipinski definition) is 2. The number of hydrogen-bond acceptors (Lipinski definition) is 5. The Hall–Kier alpha value is -2.15. The second-order valence-electron chi connectivity index (χ2n) is 5.12. The van der Waals surface area contributed by atoms with Gasteiger partial charge in [-0.1, -0.05) is 12.8 Å². The second-order valence-corrected chi connectivity index (χ2v) is 5.12. The molecule has 0 amide bonds. The number of carboxylic acids is 1. The Kier molecular flexibility index (Phi) is 4.74. The molecule has 0 heterocycles. The highest BCUT2D eigenvalue weighted by molar-refractivity contribution is 5.95. The van der Waals surface area contributed by atoms with E-state index in [9.17, 15) is 25.1 Å². The maximum Gasteiger partial charge on any atom is 0.338 e. The van der Waals surface area contributed by atoms with Gasteiger partial charge < -0.3 is 15.1 Å². The van der Waals surface area contributed by atoms with Crippen LogP contribution in [0.1, 0.15) is 36.0 Å². The van der Waals surface area contributed by atoms with Crippen LogP contribution < -0.4 is 4.90 Å². The molecule has 2 N–H and O–H groups in total. The van der Waals surface area contributed by atoms with Crippen molar-refractivity contribution < 1.29 is 19.9 Å². The number of carbonyl (C=O) groups is 1. The first-order chi connectivity index (χ1) is 10.0. The SMILES string of the molecule is O=C(O)c1cc([N+](=O)[O-])ccc1N(CCO)C1CCCC1. The molecule has 0 unspecified atom stereocenters. The van der Waals surface area contributed by atoms with Crippen molar-refractivity contribution in [3.05, 3.63) is 33.9 Å². The van der Waals surface area contributed by atoms with Crippen molar-refractivity contribution in [2.45, 2.75) is 31.7 Å². The molecule has 1 aromatic carbocycles. The van der Waals surface area contributed by atoms with Crippen molar-refractivity contribution >= 4 is 17.3 Å². The molecule has 0 atom stereocenters. The number of anilines is 1. The first-order valence-corrected chi connectivity index (χ1v) is 6.94. The van der Waals surface area contributed by atoms with E-state index in [-0.39, 0.29) is 23.9 Å². The Morgan fingerprint density at radius 2 is 2.05 bits per heavy atom. The summed E-state index contributed by atoms with van der Waals surface area (Å²) >= 11 is 0. The van der Waals surface area contributed by atoms with Crippen LogP contribution in [0.3, 0.4) is 0 Å². The molecule has 0 radical (unpaired) electrons. The number of aliphatic hydroxyl groups is 1. The van der Waals surface area contributed by atoms with Crippen molar-refractivity contribution in [2.75, 3.05) is 18.1 Å². The molecule has 0 saturated heterocycles. The van der Waals surface area contributed by atoms with Crippen LogP contribution in [0.5, 0.6) is 0 Å². The van der Waals surface area contributed by atoms with Crippen LogP contribution in [0.25, 0.3) is 0 Å². The fraction of sp³-hybridized carbons (Fsp3) is 0.500. The van der Waals surface area contributed by atoms with Gasteiger partial charge in [0.15, 0.2) is 0 Å². The molecule has 7 heteroatoms. The summed E-state index contributed by atoms with van der Waals surface area (Å²) in [4.78, 5) is 23.5. The normalized spacial score (nSPS) is 15.1. The Morgan fingerprint density at radius 1 is 1.38 bits per heavy atom. The maximum absolute atomic E-state index is 11.4. The van der Waals surface area contributed by atoms with Gasteiger partial charge in [0, 0.05) is 24.7 Å². The molecule has 1 aromatic rings. The zero-order valence-corrected chi connectivity index (χ0v) is 11.6. The smallest absolute Gasteiger partial charge is 0.338 e. The Labute approximate surface area is 122 Å². The molecule has 0 bridgehead atoms. The number of rotatable bonds is 6. The third-order valence-electron chi connectivity index (χ3n) is 3.84. The minimum Gasteiger partial charge on any atom is -0.478 e. The molecule has 21 heavy (non-hydrogen) atoms. The lowest BCUT2D eigenvalue weighted by atomic mass is 10.1. The highest BCUT2D eigenvalue weighted by Gasteiger charge is 2.27. The zero-order valence-electron chi connectivity index (χ0n) is 11.6. The Morgan fingerprint density at radius 3 is 2.57 bits per heavy atom. The molecular weight excluding hydrogens is 276 g/mol. The molecule has 114 valence electrons. The van der Waals surface area contributed by atoms with E-state index in [1.807, 2.05) is 4.90 Å². The monoisotopic (exact) mass is 294 g/mol. The number of carboxylic acid groups (broad SMARTS) is 1. The van der Waals surface area contributed by atoms with Gasteiger partial charge in [0.05, 0.1) is 22.8 Å². The van der Waals surface area contributed by atoms with Gasteiger partial charge >= 0.3 is 5.97 Å². The standard InChI is InChI=1S/C14H18N2O5/c17-8-7-15(10-3-1-2-4-10)13-6-5-11(16(20)21)9-12(13)14(18)19/h5-6,9-10,17H,1-4,7-8H2,(H,18,19). The topological polar surface area (TPSA) is 104 Å². The van der Waals surface area contributed by atoms with Gasteiger partial charge in [0.25, 0.3) is 5.69 Å². The number of nitro benzene ring substituents is 1. The molecular formula is C14H18N2O5. The van der Waals surface area contributed by atoms with E-state index < -0.39 is 10.9 Å². The summed E-state index contributed by atoms with van der Waals surface area (Å²) in [6, 6.07) is 4.03. The predicted octanol–water partition coefficient (Wildman–Crippen LogP) is 2.03. The molecule has 1 aliphatic rings. The fourth-order valence-electron chi connectivity index (χ4n) is 2.88. The van der Waals surface area contributed by atoms with Crippen LogP contribution >= 0.6 is 0 Å². The number of aliphatic hydroxyl groups excluding tert-OH is 1.